The summed E-state index contributed by atoms with van der Waals surface area (Å²) in [6.45, 7) is 3.37. The Hall–Kier alpha value is -0.760. The van der Waals surface area contributed by atoms with Crippen molar-refractivity contribution in [3.05, 3.63) is 23.4 Å². The first kappa shape index (κ1) is 9.78. The molecule has 3 heteroatoms. The minimum atomic E-state index is 0.670. The highest BCUT2D eigenvalue weighted by Gasteiger charge is 2.23. The molecular formula is C11H15ClN2. The lowest BCUT2D eigenvalue weighted by Crippen LogP contribution is -2.29. The number of pyridine rings is 1. The molecule has 0 spiro atoms. The van der Waals surface area contributed by atoms with Gasteiger partial charge in [-0.05, 0) is 31.4 Å². The Morgan fingerprint density at radius 2 is 2.43 bits per heavy atom. The zero-order chi connectivity index (χ0) is 9.97. The maximum Gasteiger partial charge on any atom is 0.128 e. The molecule has 1 aliphatic heterocycles. The molecule has 1 aromatic rings. The fourth-order valence-electron chi connectivity index (χ4n) is 2.10. The third-order valence-corrected chi connectivity index (χ3v) is 3.08. The van der Waals surface area contributed by atoms with Crippen molar-refractivity contribution < 1.29 is 0 Å². The molecule has 1 aromatic heterocycles. The lowest BCUT2D eigenvalue weighted by molar-refractivity contribution is 0.640. The quantitative estimate of drug-likeness (QED) is 0.746. The Morgan fingerprint density at radius 3 is 3.07 bits per heavy atom. The van der Waals surface area contributed by atoms with E-state index in [0.29, 0.717) is 11.1 Å². The molecule has 14 heavy (non-hydrogen) atoms. The second-order valence-corrected chi connectivity index (χ2v) is 4.17. The Balaban J connectivity index is 2.17. The third-order valence-electron chi connectivity index (χ3n) is 2.85. The summed E-state index contributed by atoms with van der Waals surface area (Å²) in [6.07, 6.45) is 5.50. The van der Waals surface area contributed by atoms with E-state index in [-0.39, 0.29) is 0 Å². The van der Waals surface area contributed by atoms with Crippen LogP contribution in [0.1, 0.15) is 26.2 Å². The van der Waals surface area contributed by atoms with Gasteiger partial charge in [-0.3, -0.25) is 0 Å². The summed E-state index contributed by atoms with van der Waals surface area (Å²) in [5, 5.41) is 0.709. The summed E-state index contributed by atoms with van der Waals surface area (Å²) in [7, 11) is 0. The van der Waals surface area contributed by atoms with Gasteiger partial charge in [-0.15, -0.1) is 0 Å². The molecule has 2 nitrogen and oxygen atoms in total. The summed E-state index contributed by atoms with van der Waals surface area (Å²) >= 11 is 5.81. The molecule has 0 radical (unpaired) electrons. The van der Waals surface area contributed by atoms with Crippen molar-refractivity contribution in [1.29, 1.82) is 0 Å². The highest BCUT2D eigenvalue weighted by Crippen LogP contribution is 2.25. The van der Waals surface area contributed by atoms with E-state index >= 15 is 0 Å². The minimum absolute atomic E-state index is 0.670. The van der Waals surface area contributed by atoms with Crippen LogP contribution in [-0.2, 0) is 0 Å². The summed E-state index contributed by atoms with van der Waals surface area (Å²) in [4.78, 5) is 6.74. The average Bonchev–Trinajstić information content (AvgIpc) is 2.67. The first-order chi connectivity index (χ1) is 6.81. The summed E-state index contributed by atoms with van der Waals surface area (Å²) in [6, 6.07) is 4.59. The van der Waals surface area contributed by atoms with Crippen LogP contribution in [0, 0.1) is 0 Å². The van der Waals surface area contributed by atoms with Crippen molar-refractivity contribution in [3.63, 3.8) is 0 Å². The number of nitrogens with zero attached hydrogens (tertiary/aromatic N) is 2. The number of aromatic nitrogens is 1. The van der Waals surface area contributed by atoms with Gasteiger partial charge in [0, 0.05) is 18.8 Å². The monoisotopic (exact) mass is 210 g/mol. The van der Waals surface area contributed by atoms with Gasteiger partial charge in [-0.2, -0.15) is 0 Å². The summed E-state index contributed by atoms with van der Waals surface area (Å²) < 4.78 is 0. The van der Waals surface area contributed by atoms with Gasteiger partial charge in [0.25, 0.3) is 0 Å². The van der Waals surface area contributed by atoms with Gasteiger partial charge in [0.2, 0.25) is 0 Å². The SMILES string of the molecule is CCC1CCCN1c1ccc(Cl)cn1. The van der Waals surface area contributed by atoms with Crippen molar-refractivity contribution in [2.45, 2.75) is 32.2 Å². The van der Waals surface area contributed by atoms with E-state index in [1.807, 2.05) is 12.1 Å². The van der Waals surface area contributed by atoms with E-state index in [0.717, 1.165) is 12.4 Å². The van der Waals surface area contributed by atoms with Crippen molar-refractivity contribution in [3.8, 4) is 0 Å². The van der Waals surface area contributed by atoms with Gasteiger partial charge in [0.15, 0.2) is 0 Å². The molecule has 0 saturated carbocycles. The molecule has 0 amide bonds. The smallest absolute Gasteiger partial charge is 0.128 e. The fraction of sp³-hybridized carbons (Fsp3) is 0.545. The van der Waals surface area contributed by atoms with Crippen LogP contribution in [0.3, 0.4) is 0 Å². The second-order valence-electron chi connectivity index (χ2n) is 3.73. The lowest BCUT2D eigenvalue weighted by Gasteiger charge is -2.24. The molecule has 76 valence electrons. The summed E-state index contributed by atoms with van der Waals surface area (Å²) in [5.74, 6) is 1.07. The van der Waals surface area contributed by atoms with Gasteiger partial charge in [-0.25, -0.2) is 4.98 Å². The van der Waals surface area contributed by atoms with E-state index in [1.165, 1.54) is 19.3 Å². The molecule has 1 aliphatic rings. The predicted octanol–water partition coefficient (Wildman–Crippen LogP) is 3.11. The second kappa shape index (κ2) is 4.18. The lowest BCUT2D eigenvalue weighted by atomic mass is 10.2. The van der Waals surface area contributed by atoms with Crippen LogP contribution in [-0.4, -0.2) is 17.6 Å². The van der Waals surface area contributed by atoms with Crippen LogP contribution in [0.4, 0.5) is 5.82 Å². The average molecular weight is 211 g/mol. The van der Waals surface area contributed by atoms with Crippen molar-refractivity contribution in [2.75, 3.05) is 11.4 Å². The van der Waals surface area contributed by atoms with E-state index < -0.39 is 0 Å². The topological polar surface area (TPSA) is 16.1 Å². The molecule has 0 N–H and O–H groups in total. The largest absolute Gasteiger partial charge is 0.354 e. The van der Waals surface area contributed by atoms with Crippen molar-refractivity contribution >= 4 is 17.4 Å². The number of anilines is 1. The van der Waals surface area contributed by atoms with Gasteiger partial charge in [0.05, 0.1) is 5.02 Å². The van der Waals surface area contributed by atoms with Crippen LogP contribution in [0.5, 0.6) is 0 Å². The molecule has 2 rings (SSSR count). The maximum absolute atomic E-state index is 5.81. The van der Waals surface area contributed by atoms with Crippen LogP contribution in [0.15, 0.2) is 18.3 Å². The molecule has 0 aromatic carbocycles. The molecule has 1 fully saturated rings. The zero-order valence-electron chi connectivity index (χ0n) is 8.41. The van der Waals surface area contributed by atoms with Crippen LogP contribution < -0.4 is 4.90 Å². The number of halogens is 1. The van der Waals surface area contributed by atoms with Crippen LogP contribution >= 0.6 is 11.6 Å². The Bertz CT molecular complexity index is 297. The Kier molecular flexibility index (Phi) is 2.92. The van der Waals surface area contributed by atoms with Gasteiger partial charge in [0.1, 0.15) is 5.82 Å². The Morgan fingerprint density at radius 1 is 1.57 bits per heavy atom. The molecule has 2 heterocycles. The van der Waals surface area contributed by atoms with Gasteiger partial charge < -0.3 is 4.90 Å². The van der Waals surface area contributed by atoms with Crippen LogP contribution in [0.25, 0.3) is 0 Å². The van der Waals surface area contributed by atoms with Gasteiger partial charge >= 0.3 is 0 Å². The van der Waals surface area contributed by atoms with Crippen LogP contribution in [0.2, 0.25) is 5.02 Å². The number of hydrogen-bond acceptors (Lipinski definition) is 2. The van der Waals surface area contributed by atoms with E-state index in [9.17, 15) is 0 Å². The normalized spacial score (nSPS) is 21.6. The third kappa shape index (κ3) is 1.85. The van der Waals surface area contributed by atoms with Crippen molar-refractivity contribution in [2.24, 2.45) is 0 Å². The minimum Gasteiger partial charge on any atom is -0.354 e. The highest BCUT2D eigenvalue weighted by molar-refractivity contribution is 6.30. The molecule has 1 atom stereocenters. The fourth-order valence-corrected chi connectivity index (χ4v) is 2.21. The zero-order valence-corrected chi connectivity index (χ0v) is 9.17. The number of hydrogen-bond donors (Lipinski definition) is 0. The molecule has 0 bridgehead atoms. The van der Waals surface area contributed by atoms with E-state index in [4.69, 9.17) is 11.6 Å². The molecule has 1 unspecified atom stereocenters. The molecule has 1 saturated heterocycles. The maximum atomic E-state index is 5.81. The highest BCUT2D eigenvalue weighted by atomic mass is 35.5. The first-order valence-corrected chi connectivity index (χ1v) is 5.57. The van der Waals surface area contributed by atoms with E-state index in [2.05, 4.69) is 16.8 Å². The Labute approximate surface area is 89.9 Å². The molecule has 0 aliphatic carbocycles. The standard InChI is InChI=1S/C11H15ClN2/c1-2-10-4-3-7-14(10)11-6-5-9(12)8-13-11/h5-6,8,10H,2-4,7H2,1H3. The van der Waals surface area contributed by atoms with E-state index in [1.54, 1.807) is 6.20 Å². The van der Waals surface area contributed by atoms with Gasteiger partial charge in [-0.1, -0.05) is 18.5 Å². The number of rotatable bonds is 2. The molecular weight excluding hydrogens is 196 g/mol. The first-order valence-electron chi connectivity index (χ1n) is 5.19. The summed E-state index contributed by atoms with van der Waals surface area (Å²) in [5.41, 5.74) is 0. The van der Waals surface area contributed by atoms with Crippen molar-refractivity contribution in [1.82, 2.24) is 4.98 Å². The predicted molar refractivity (Wildman–Crippen MR) is 59.9 cm³/mol.